The lowest BCUT2D eigenvalue weighted by Crippen LogP contribution is -2.56. The van der Waals surface area contributed by atoms with Crippen molar-refractivity contribution in [3.63, 3.8) is 0 Å². The van der Waals surface area contributed by atoms with Gasteiger partial charge in [0.15, 0.2) is 5.78 Å². The van der Waals surface area contributed by atoms with E-state index in [1.807, 2.05) is 24.5 Å². The van der Waals surface area contributed by atoms with Crippen LogP contribution in [0.1, 0.15) is 40.6 Å². The van der Waals surface area contributed by atoms with Crippen molar-refractivity contribution in [3.8, 4) is 0 Å². The maximum atomic E-state index is 11.5. The molecule has 144 valence electrons. The molecule has 2 aliphatic rings. The Labute approximate surface area is 165 Å². The fraction of sp³-hybridized carbons (Fsp3) is 0.524. The maximum absolute atomic E-state index is 11.5. The van der Waals surface area contributed by atoms with Crippen LogP contribution in [0.2, 0.25) is 0 Å². The number of aromatic nitrogens is 1. The van der Waals surface area contributed by atoms with Gasteiger partial charge in [0, 0.05) is 51.7 Å². The summed E-state index contributed by atoms with van der Waals surface area (Å²) in [5.74, 6) is 0.158. The smallest absolute Gasteiger partial charge is 0.169 e. The van der Waals surface area contributed by atoms with E-state index >= 15 is 0 Å². The van der Waals surface area contributed by atoms with Crippen molar-refractivity contribution < 1.29 is 9.53 Å². The highest BCUT2D eigenvalue weighted by Gasteiger charge is 2.39. The zero-order valence-electron chi connectivity index (χ0n) is 15.9. The van der Waals surface area contributed by atoms with Crippen LogP contribution in [0.25, 0.3) is 0 Å². The van der Waals surface area contributed by atoms with Crippen LogP contribution in [0.15, 0.2) is 36.0 Å². The minimum Gasteiger partial charge on any atom is -0.372 e. The fourth-order valence-corrected chi connectivity index (χ4v) is 4.94. The summed E-state index contributed by atoms with van der Waals surface area (Å²) in [6, 6.07) is 6.20. The van der Waals surface area contributed by atoms with Crippen molar-refractivity contribution in [2.45, 2.75) is 38.5 Å². The molecule has 0 saturated carbocycles. The summed E-state index contributed by atoms with van der Waals surface area (Å²) in [7, 11) is 0. The maximum Gasteiger partial charge on any atom is 0.169 e. The highest BCUT2D eigenvalue weighted by atomic mass is 32.1. The summed E-state index contributed by atoms with van der Waals surface area (Å²) in [5.41, 5.74) is 2.51. The first kappa shape index (κ1) is 18.7. The van der Waals surface area contributed by atoms with Gasteiger partial charge in [0.2, 0.25) is 0 Å². The van der Waals surface area contributed by atoms with Crippen LogP contribution in [0.5, 0.6) is 0 Å². The third-order valence-electron chi connectivity index (χ3n) is 5.63. The minimum atomic E-state index is -0.0108. The predicted molar refractivity (Wildman–Crippen MR) is 107 cm³/mol. The first-order valence-corrected chi connectivity index (χ1v) is 10.6. The minimum absolute atomic E-state index is 0.0108. The molecular formula is C21H27N3O2S. The van der Waals surface area contributed by atoms with Crippen LogP contribution >= 0.6 is 11.3 Å². The average molecular weight is 386 g/mol. The molecule has 0 aromatic carbocycles. The second kappa shape index (κ2) is 8.19. The lowest BCUT2D eigenvalue weighted by Gasteiger charge is -2.47. The fourth-order valence-electron chi connectivity index (χ4n) is 4.13. The highest BCUT2D eigenvalue weighted by molar-refractivity contribution is 7.12. The van der Waals surface area contributed by atoms with Crippen LogP contribution in [0.4, 0.5) is 0 Å². The Hall–Kier alpha value is -1.60. The lowest BCUT2D eigenvalue weighted by atomic mass is 9.89. The van der Waals surface area contributed by atoms with Crippen molar-refractivity contribution in [2.75, 3.05) is 32.8 Å². The molecule has 0 bridgehead atoms. The number of piperidine rings is 1. The van der Waals surface area contributed by atoms with E-state index < -0.39 is 0 Å². The molecule has 2 fully saturated rings. The number of ether oxygens (including phenoxy) is 1. The van der Waals surface area contributed by atoms with Crippen LogP contribution in [0.3, 0.4) is 0 Å². The molecule has 0 aliphatic carbocycles. The van der Waals surface area contributed by atoms with E-state index in [0.717, 1.165) is 63.6 Å². The normalized spacial score (nSPS) is 20.8. The van der Waals surface area contributed by atoms with Gasteiger partial charge in [-0.1, -0.05) is 6.07 Å². The SMILES string of the molecule is CC(=O)c1cc(CN2CCOC3(CCN(Cc4cccnc4)CC3)C2)cs1. The molecular weight excluding hydrogens is 358 g/mol. The van der Waals surface area contributed by atoms with E-state index in [0.29, 0.717) is 0 Å². The Morgan fingerprint density at radius 3 is 2.74 bits per heavy atom. The molecule has 2 aromatic heterocycles. The van der Waals surface area contributed by atoms with Crippen molar-refractivity contribution >= 4 is 17.1 Å². The van der Waals surface area contributed by atoms with Crippen LogP contribution < -0.4 is 0 Å². The summed E-state index contributed by atoms with van der Waals surface area (Å²) in [4.78, 5) is 21.6. The van der Waals surface area contributed by atoms with Gasteiger partial charge in [-0.2, -0.15) is 0 Å². The van der Waals surface area contributed by atoms with Gasteiger partial charge >= 0.3 is 0 Å². The van der Waals surface area contributed by atoms with E-state index in [1.54, 1.807) is 18.3 Å². The molecule has 6 heteroatoms. The average Bonchev–Trinajstić information content (AvgIpc) is 3.14. The number of Topliss-reactive ketones (excluding diaryl/α,β-unsaturated/α-hetero) is 1. The molecule has 0 radical (unpaired) electrons. The molecule has 1 spiro atoms. The number of pyridine rings is 1. The van der Waals surface area contributed by atoms with Crippen molar-refractivity contribution in [1.29, 1.82) is 0 Å². The van der Waals surface area contributed by atoms with Gasteiger partial charge in [-0.15, -0.1) is 11.3 Å². The first-order chi connectivity index (χ1) is 13.1. The second-order valence-electron chi connectivity index (χ2n) is 7.75. The molecule has 2 aliphatic heterocycles. The molecule has 4 heterocycles. The van der Waals surface area contributed by atoms with Gasteiger partial charge in [-0.05, 0) is 48.4 Å². The number of hydrogen-bond donors (Lipinski definition) is 0. The predicted octanol–water partition coefficient (Wildman–Crippen LogP) is 3.21. The molecule has 4 rings (SSSR count). The zero-order chi connectivity index (χ0) is 18.7. The quantitative estimate of drug-likeness (QED) is 0.740. The van der Waals surface area contributed by atoms with E-state index in [4.69, 9.17) is 4.74 Å². The van der Waals surface area contributed by atoms with Gasteiger partial charge in [0.05, 0.1) is 17.1 Å². The summed E-state index contributed by atoms with van der Waals surface area (Å²) in [5, 5.41) is 2.12. The summed E-state index contributed by atoms with van der Waals surface area (Å²) in [6.45, 7) is 8.40. The standard InChI is InChI=1S/C21H27N3O2S/c1-17(25)20-11-19(15-27-20)14-24-9-10-26-21(16-24)4-7-23(8-5-21)13-18-3-2-6-22-12-18/h2-3,6,11-12,15H,4-5,7-10,13-14,16H2,1H3. The van der Waals surface area contributed by atoms with Gasteiger partial charge < -0.3 is 4.74 Å². The molecule has 2 aromatic rings. The number of ketones is 1. The molecule has 0 atom stereocenters. The van der Waals surface area contributed by atoms with Crippen LogP contribution in [-0.4, -0.2) is 59.0 Å². The Balaban J connectivity index is 1.32. The first-order valence-electron chi connectivity index (χ1n) is 9.68. The van der Waals surface area contributed by atoms with Gasteiger partial charge in [-0.25, -0.2) is 0 Å². The third-order valence-corrected chi connectivity index (χ3v) is 6.71. The van der Waals surface area contributed by atoms with Gasteiger partial charge in [-0.3, -0.25) is 19.6 Å². The molecule has 0 amide bonds. The van der Waals surface area contributed by atoms with Gasteiger partial charge in [0.25, 0.3) is 0 Å². The number of rotatable bonds is 5. The number of hydrogen-bond acceptors (Lipinski definition) is 6. The number of likely N-dealkylation sites (tertiary alicyclic amines) is 1. The number of carbonyl (C=O) groups is 1. The number of morpholine rings is 1. The number of nitrogens with zero attached hydrogens (tertiary/aromatic N) is 3. The topological polar surface area (TPSA) is 45.7 Å². The van der Waals surface area contributed by atoms with Crippen LogP contribution in [0, 0.1) is 0 Å². The molecule has 0 unspecified atom stereocenters. The van der Waals surface area contributed by atoms with Crippen molar-refractivity contribution in [3.05, 3.63) is 52.0 Å². The molecule has 0 N–H and O–H groups in total. The van der Waals surface area contributed by atoms with Crippen molar-refractivity contribution in [2.24, 2.45) is 0 Å². The Bertz CT molecular complexity index is 769. The summed E-state index contributed by atoms with van der Waals surface area (Å²) < 4.78 is 6.28. The largest absolute Gasteiger partial charge is 0.372 e. The van der Waals surface area contributed by atoms with Gasteiger partial charge in [0.1, 0.15) is 0 Å². The molecule has 5 nitrogen and oxygen atoms in total. The van der Waals surface area contributed by atoms with E-state index in [1.165, 1.54) is 11.1 Å². The Morgan fingerprint density at radius 1 is 1.22 bits per heavy atom. The summed E-state index contributed by atoms with van der Waals surface area (Å²) in [6.07, 6.45) is 5.93. The van der Waals surface area contributed by atoms with Crippen molar-refractivity contribution in [1.82, 2.24) is 14.8 Å². The second-order valence-corrected chi connectivity index (χ2v) is 8.67. The Kier molecular flexibility index (Phi) is 5.68. The monoisotopic (exact) mass is 385 g/mol. The summed E-state index contributed by atoms with van der Waals surface area (Å²) >= 11 is 1.56. The highest BCUT2D eigenvalue weighted by Crippen LogP contribution is 2.31. The zero-order valence-corrected chi connectivity index (χ0v) is 16.7. The number of thiophene rings is 1. The number of carbonyl (C=O) groups excluding carboxylic acids is 1. The van der Waals surface area contributed by atoms with E-state index in [9.17, 15) is 4.79 Å². The van der Waals surface area contributed by atoms with E-state index in [-0.39, 0.29) is 11.4 Å². The molecule has 27 heavy (non-hydrogen) atoms. The Morgan fingerprint density at radius 2 is 2.04 bits per heavy atom. The third kappa shape index (κ3) is 4.63. The van der Waals surface area contributed by atoms with Crippen LogP contribution in [-0.2, 0) is 17.8 Å². The molecule has 2 saturated heterocycles. The lowest BCUT2D eigenvalue weighted by molar-refractivity contribution is -0.138. The van der Waals surface area contributed by atoms with E-state index in [2.05, 4.69) is 26.2 Å².